The number of aromatic nitrogens is 2. The van der Waals surface area contributed by atoms with E-state index in [1.165, 1.54) is 34.1 Å². The maximum absolute atomic E-state index is 13.8. The molecule has 0 radical (unpaired) electrons. The zero-order valence-corrected chi connectivity index (χ0v) is 23.9. The number of benzene rings is 2. The Morgan fingerprint density at radius 2 is 1.67 bits per heavy atom. The highest BCUT2D eigenvalue weighted by molar-refractivity contribution is 5.95. The van der Waals surface area contributed by atoms with E-state index in [1.807, 2.05) is 71.6 Å². The average molecular weight is 591 g/mol. The fourth-order valence-corrected chi connectivity index (χ4v) is 4.49. The molecule has 0 aliphatic rings. The van der Waals surface area contributed by atoms with Crippen LogP contribution in [0, 0.1) is 0 Å². The number of likely N-dealkylation sites (N-methyl/N-ethyl adjacent to an activating group) is 1. The van der Waals surface area contributed by atoms with Crippen LogP contribution in [0.5, 0.6) is 0 Å². The molecule has 10 heteroatoms. The summed E-state index contributed by atoms with van der Waals surface area (Å²) >= 11 is 0. The van der Waals surface area contributed by atoms with Crippen molar-refractivity contribution in [2.75, 3.05) is 27.3 Å². The van der Waals surface area contributed by atoms with Crippen molar-refractivity contribution in [2.24, 2.45) is 0 Å². The fraction of sp³-hybridized carbons (Fsp3) is 0.242. The van der Waals surface area contributed by atoms with Gasteiger partial charge in [-0.05, 0) is 53.6 Å². The van der Waals surface area contributed by atoms with Crippen molar-refractivity contribution >= 4 is 17.9 Å². The topological polar surface area (TPSA) is 67.7 Å². The third-order valence-corrected chi connectivity index (χ3v) is 6.93. The number of hydrogen-bond acceptors (Lipinski definition) is 4. The molecular formula is C33H33F3N4O3. The molecule has 43 heavy (non-hydrogen) atoms. The summed E-state index contributed by atoms with van der Waals surface area (Å²) in [5, 5.41) is 0. The van der Waals surface area contributed by atoms with Gasteiger partial charge in [0, 0.05) is 57.5 Å². The van der Waals surface area contributed by atoms with E-state index in [2.05, 4.69) is 4.98 Å². The first kappa shape index (κ1) is 31.2. The Kier molecular flexibility index (Phi) is 10.5. The highest BCUT2D eigenvalue weighted by Crippen LogP contribution is 2.29. The Bertz CT molecular complexity index is 1490. The second-order valence-electron chi connectivity index (χ2n) is 9.98. The first-order valence-corrected chi connectivity index (χ1v) is 13.7. The van der Waals surface area contributed by atoms with Gasteiger partial charge in [0.05, 0.1) is 24.4 Å². The van der Waals surface area contributed by atoms with Crippen molar-refractivity contribution in [3.05, 3.63) is 120 Å². The fourth-order valence-electron chi connectivity index (χ4n) is 4.49. The van der Waals surface area contributed by atoms with Gasteiger partial charge in [-0.3, -0.25) is 14.6 Å². The average Bonchev–Trinajstić information content (AvgIpc) is 3.54. The lowest BCUT2D eigenvalue weighted by Gasteiger charge is -2.33. The van der Waals surface area contributed by atoms with Crippen LogP contribution in [-0.2, 0) is 33.6 Å². The minimum absolute atomic E-state index is 0.120. The number of pyridine rings is 1. The highest BCUT2D eigenvalue weighted by atomic mass is 19.4. The lowest BCUT2D eigenvalue weighted by atomic mass is 10.1. The third kappa shape index (κ3) is 8.65. The summed E-state index contributed by atoms with van der Waals surface area (Å²) in [7, 11) is 3.21. The van der Waals surface area contributed by atoms with Crippen molar-refractivity contribution < 1.29 is 27.5 Å². The summed E-state index contributed by atoms with van der Waals surface area (Å²) in [6.45, 7) is 0.985. The molecule has 2 heterocycles. The first-order chi connectivity index (χ1) is 20.7. The molecule has 4 aromatic rings. The van der Waals surface area contributed by atoms with Gasteiger partial charge in [0.1, 0.15) is 6.04 Å². The van der Waals surface area contributed by atoms with Crippen LogP contribution in [0.1, 0.15) is 16.7 Å². The summed E-state index contributed by atoms with van der Waals surface area (Å²) in [6.07, 6.45) is 3.63. The molecule has 0 saturated carbocycles. The summed E-state index contributed by atoms with van der Waals surface area (Å²) in [5.74, 6) is -0.730. The normalized spacial score (nSPS) is 12.3. The van der Waals surface area contributed by atoms with Crippen LogP contribution < -0.4 is 0 Å². The van der Waals surface area contributed by atoms with Gasteiger partial charge >= 0.3 is 6.18 Å². The largest absolute Gasteiger partial charge is 0.416 e. The van der Waals surface area contributed by atoms with Crippen molar-refractivity contribution in [3.63, 3.8) is 0 Å². The summed E-state index contributed by atoms with van der Waals surface area (Å²) in [6, 6.07) is 20.6. The number of hydrogen-bond donors (Lipinski definition) is 0. The Labute approximate surface area is 248 Å². The second kappa shape index (κ2) is 14.5. The smallest absolute Gasteiger partial charge is 0.383 e. The van der Waals surface area contributed by atoms with Gasteiger partial charge in [-0.2, -0.15) is 13.2 Å². The quantitative estimate of drug-likeness (QED) is 0.196. The van der Waals surface area contributed by atoms with Gasteiger partial charge in [0.25, 0.3) is 0 Å². The van der Waals surface area contributed by atoms with Crippen molar-refractivity contribution in [1.29, 1.82) is 0 Å². The van der Waals surface area contributed by atoms with Gasteiger partial charge in [-0.15, -0.1) is 0 Å². The molecule has 2 aromatic heterocycles. The molecule has 2 amide bonds. The molecule has 0 bridgehead atoms. The summed E-state index contributed by atoms with van der Waals surface area (Å²) in [4.78, 5) is 35.0. The Hall–Kier alpha value is -4.70. The van der Waals surface area contributed by atoms with Crippen LogP contribution in [0.15, 0.2) is 104 Å². The lowest BCUT2D eigenvalue weighted by Crippen LogP contribution is -2.51. The van der Waals surface area contributed by atoms with Crippen LogP contribution in [0.3, 0.4) is 0 Å². The number of methoxy groups -OCH3 is 1. The number of alkyl halides is 3. The maximum atomic E-state index is 13.8. The van der Waals surface area contributed by atoms with E-state index in [-0.39, 0.29) is 19.0 Å². The predicted molar refractivity (Wildman–Crippen MR) is 158 cm³/mol. The Morgan fingerprint density at radius 1 is 0.977 bits per heavy atom. The second-order valence-corrected chi connectivity index (χ2v) is 9.98. The van der Waals surface area contributed by atoms with Crippen molar-refractivity contribution in [3.8, 4) is 11.3 Å². The monoisotopic (exact) mass is 590 g/mol. The molecule has 224 valence electrons. The minimum atomic E-state index is -4.46. The molecule has 1 unspecified atom stereocenters. The third-order valence-electron chi connectivity index (χ3n) is 6.93. The van der Waals surface area contributed by atoms with Gasteiger partial charge < -0.3 is 19.1 Å². The summed E-state index contributed by atoms with van der Waals surface area (Å²) in [5.41, 5.74) is 2.15. The van der Waals surface area contributed by atoms with Crippen LogP contribution in [0.25, 0.3) is 17.3 Å². The van der Waals surface area contributed by atoms with Gasteiger partial charge in [0.2, 0.25) is 11.8 Å². The van der Waals surface area contributed by atoms with Crippen molar-refractivity contribution in [2.45, 2.75) is 25.3 Å². The van der Waals surface area contributed by atoms with Crippen LogP contribution >= 0.6 is 0 Å². The molecule has 7 nitrogen and oxygen atoms in total. The molecule has 4 rings (SSSR count). The molecule has 0 N–H and O–H groups in total. The molecule has 0 aliphatic heterocycles. The standard InChI is InChI=1S/C33H33F3N4O3/c1-38(21-22-43-2)32(42)30(24-39-19-5-6-20-39)40(23-26-8-13-27(14-9-26)29-7-3-4-18-37-29)31(41)17-12-25-10-15-28(16-11-25)33(34,35)36/h3-20,30H,21-24H2,1-2H3. The molecule has 0 saturated heterocycles. The van der Waals surface area contributed by atoms with E-state index in [1.54, 1.807) is 20.4 Å². The zero-order valence-electron chi connectivity index (χ0n) is 23.9. The minimum Gasteiger partial charge on any atom is -0.383 e. The SMILES string of the molecule is COCCN(C)C(=O)C(Cn1cccc1)N(Cc1ccc(-c2ccccn2)cc1)C(=O)C=Cc1ccc(C(F)(F)F)cc1. The Morgan fingerprint density at radius 3 is 2.28 bits per heavy atom. The van der Waals surface area contributed by atoms with Gasteiger partial charge in [-0.25, -0.2) is 0 Å². The molecule has 0 spiro atoms. The number of rotatable bonds is 12. The van der Waals surface area contributed by atoms with E-state index in [0.717, 1.165) is 29.0 Å². The van der Waals surface area contributed by atoms with E-state index in [4.69, 9.17) is 4.74 Å². The number of amides is 2. The summed E-state index contributed by atoms with van der Waals surface area (Å²) < 4.78 is 46.0. The molecule has 1 atom stereocenters. The van der Waals surface area contributed by atoms with Crippen LogP contribution in [-0.4, -0.2) is 64.5 Å². The molecule has 2 aromatic carbocycles. The number of carbonyl (C=O) groups excluding carboxylic acids is 2. The number of ether oxygens (including phenoxy) is 1. The van der Waals surface area contributed by atoms with E-state index in [9.17, 15) is 22.8 Å². The molecular weight excluding hydrogens is 557 g/mol. The van der Waals surface area contributed by atoms with Crippen LogP contribution in [0.2, 0.25) is 0 Å². The highest BCUT2D eigenvalue weighted by Gasteiger charge is 2.32. The maximum Gasteiger partial charge on any atom is 0.416 e. The predicted octanol–water partition coefficient (Wildman–Crippen LogP) is 5.78. The number of nitrogens with zero attached hydrogens (tertiary/aromatic N) is 4. The number of halogens is 3. The molecule has 0 aliphatic carbocycles. The van der Waals surface area contributed by atoms with Gasteiger partial charge in [-0.1, -0.05) is 42.5 Å². The number of carbonyl (C=O) groups is 2. The van der Waals surface area contributed by atoms with Gasteiger partial charge in [0.15, 0.2) is 0 Å². The van der Waals surface area contributed by atoms with Crippen LogP contribution in [0.4, 0.5) is 13.2 Å². The van der Waals surface area contributed by atoms with E-state index < -0.39 is 23.7 Å². The Balaban J connectivity index is 1.66. The lowest BCUT2D eigenvalue weighted by molar-refractivity contribution is -0.144. The first-order valence-electron chi connectivity index (χ1n) is 13.7. The van der Waals surface area contributed by atoms with E-state index >= 15 is 0 Å². The van der Waals surface area contributed by atoms with E-state index in [0.29, 0.717) is 18.7 Å². The zero-order chi connectivity index (χ0) is 30.8. The molecule has 0 fully saturated rings. The van der Waals surface area contributed by atoms with Crippen molar-refractivity contribution in [1.82, 2.24) is 19.4 Å².